The van der Waals surface area contributed by atoms with Gasteiger partial charge in [-0.25, -0.2) is 0 Å². The van der Waals surface area contributed by atoms with Crippen LogP contribution in [0.3, 0.4) is 0 Å². The molecule has 140 valence electrons. The Morgan fingerprint density at radius 2 is 1.81 bits per heavy atom. The Bertz CT molecular complexity index is 949. The molecule has 0 atom stereocenters. The molecule has 4 nitrogen and oxygen atoms in total. The number of carbonyl (C=O) groups excluding carboxylic acids is 1. The van der Waals surface area contributed by atoms with Crippen LogP contribution < -0.4 is 0 Å². The van der Waals surface area contributed by atoms with Crippen molar-refractivity contribution >= 4 is 5.91 Å². The fourth-order valence-corrected chi connectivity index (χ4v) is 2.78. The predicted molar refractivity (Wildman–Crippen MR) is 93.9 cm³/mol. The molecule has 0 saturated heterocycles. The van der Waals surface area contributed by atoms with Crippen LogP contribution in [-0.2, 0) is 12.7 Å². The zero-order valence-corrected chi connectivity index (χ0v) is 14.7. The maximum atomic E-state index is 13.0. The van der Waals surface area contributed by atoms with E-state index in [0.717, 1.165) is 17.7 Å². The van der Waals surface area contributed by atoms with Crippen molar-refractivity contribution in [1.29, 1.82) is 0 Å². The Hall–Kier alpha value is -3.09. The number of alkyl halides is 3. The number of halogens is 3. The molecule has 0 aliphatic heterocycles. The maximum Gasteiger partial charge on any atom is 0.416 e. The van der Waals surface area contributed by atoms with Crippen molar-refractivity contribution in [2.24, 2.45) is 0 Å². The molecule has 0 bridgehead atoms. The third kappa shape index (κ3) is 4.02. The highest BCUT2D eigenvalue weighted by Crippen LogP contribution is 2.34. The molecule has 0 aliphatic carbocycles. The van der Waals surface area contributed by atoms with Crippen molar-refractivity contribution in [2.75, 3.05) is 7.05 Å². The minimum atomic E-state index is -4.49. The van der Waals surface area contributed by atoms with Gasteiger partial charge < -0.3 is 9.42 Å². The molecule has 0 unspecified atom stereocenters. The number of aromatic nitrogens is 1. The Labute approximate surface area is 154 Å². The number of aryl methyl sites for hydroxylation is 1. The third-order valence-corrected chi connectivity index (χ3v) is 4.14. The second-order valence-electron chi connectivity index (χ2n) is 6.20. The molecule has 3 aromatic rings. The quantitative estimate of drug-likeness (QED) is 0.650. The fourth-order valence-electron chi connectivity index (χ4n) is 2.78. The lowest BCUT2D eigenvalue weighted by Gasteiger charge is -2.17. The Morgan fingerprint density at radius 1 is 1.11 bits per heavy atom. The van der Waals surface area contributed by atoms with E-state index in [1.165, 1.54) is 17.0 Å². The molecule has 1 aromatic heterocycles. The van der Waals surface area contributed by atoms with Gasteiger partial charge in [0.1, 0.15) is 5.56 Å². The molecule has 7 heteroatoms. The van der Waals surface area contributed by atoms with Crippen molar-refractivity contribution in [1.82, 2.24) is 10.1 Å². The summed E-state index contributed by atoms with van der Waals surface area (Å²) in [4.78, 5) is 14.4. The van der Waals surface area contributed by atoms with Crippen LogP contribution in [0.15, 0.2) is 59.1 Å². The van der Waals surface area contributed by atoms with Gasteiger partial charge in [-0.15, -0.1) is 0 Å². The molecule has 0 N–H and O–H groups in total. The highest BCUT2D eigenvalue weighted by molar-refractivity contribution is 6.00. The zero-order chi connectivity index (χ0) is 19.6. The van der Waals surface area contributed by atoms with E-state index in [1.54, 1.807) is 14.0 Å². The second-order valence-corrected chi connectivity index (χ2v) is 6.20. The van der Waals surface area contributed by atoms with Crippen molar-refractivity contribution in [3.63, 3.8) is 0 Å². The van der Waals surface area contributed by atoms with Gasteiger partial charge in [-0.05, 0) is 24.6 Å². The molecule has 2 aromatic carbocycles. The fraction of sp³-hybridized carbons (Fsp3) is 0.200. The number of rotatable bonds is 4. The molecular weight excluding hydrogens is 357 g/mol. The first kappa shape index (κ1) is 18.7. The smallest absolute Gasteiger partial charge is 0.355 e. The van der Waals surface area contributed by atoms with Crippen LogP contribution in [0.1, 0.15) is 27.2 Å². The summed E-state index contributed by atoms with van der Waals surface area (Å²) < 4.78 is 44.2. The van der Waals surface area contributed by atoms with Crippen LogP contribution in [0.5, 0.6) is 0 Å². The lowest BCUT2D eigenvalue weighted by Crippen LogP contribution is -2.27. The van der Waals surface area contributed by atoms with Gasteiger partial charge in [0.15, 0.2) is 5.76 Å². The lowest BCUT2D eigenvalue weighted by molar-refractivity contribution is -0.137. The summed E-state index contributed by atoms with van der Waals surface area (Å²) in [5, 5.41) is 3.79. The lowest BCUT2D eigenvalue weighted by atomic mass is 10.0. The van der Waals surface area contributed by atoms with Crippen molar-refractivity contribution in [2.45, 2.75) is 19.6 Å². The van der Waals surface area contributed by atoms with Gasteiger partial charge in [-0.3, -0.25) is 4.79 Å². The van der Waals surface area contributed by atoms with Crippen molar-refractivity contribution in [3.05, 3.63) is 77.0 Å². The van der Waals surface area contributed by atoms with Crippen molar-refractivity contribution < 1.29 is 22.5 Å². The van der Waals surface area contributed by atoms with E-state index in [0.29, 0.717) is 12.2 Å². The summed E-state index contributed by atoms with van der Waals surface area (Å²) in [5.41, 5.74) is 0.759. The average Bonchev–Trinajstić information content (AvgIpc) is 3.03. The van der Waals surface area contributed by atoms with E-state index in [4.69, 9.17) is 4.52 Å². The van der Waals surface area contributed by atoms with E-state index >= 15 is 0 Å². The van der Waals surface area contributed by atoms with Gasteiger partial charge in [0.2, 0.25) is 0 Å². The first-order valence-electron chi connectivity index (χ1n) is 8.20. The van der Waals surface area contributed by atoms with Crippen LogP contribution in [0.25, 0.3) is 11.3 Å². The molecule has 0 aliphatic rings. The van der Waals surface area contributed by atoms with Crippen LogP contribution >= 0.6 is 0 Å². The summed E-state index contributed by atoms with van der Waals surface area (Å²) in [6.45, 7) is 1.94. The van der Waals surface area contributed by atoms with E-state index in [1.807, 2.05) is 30.3 Å². The molecule has 0 fully saturated rings. The van der Waals surface area contributed by atoms with Gasteiger partial charge >= 0.3 is 6.18 Å². The number of carbonyl (C=O) groups is 1. The van der Waals surface area contributed by atoms with E-state index in [-0.39, 0.29) is 22.8 Å². The first-order valence-corrected chi connectivity index (χ1v) is 8.20. The summed E-state index contributed by atoms with van der Waals surface area (Å²) in [7, 11) is 1.62. The SMILES string of the molecule is Cc1noc(-c2cccc(C(F)(F)F)c2)c1C(=O)N(C)Cc1ccccc1. The molecule has 27 heavy (non-hydrogen) atoms. The monoisotopic (exact) mass is 374 g/mol. The topological polar surface area (TPSA) is 46.3 Å². The summed E-state index contributed by atoms with van der Waals surface area (Å²) >= 11 is 0. The van der Waals surface area contributed by atoms with E-state index in [2.05, 4.69) is 5.16 Å². The highest BCUT2D eigenvalue weighted by atomic mass is 19.4. The molecule has 3 rings (SSSR count). The predicted octanol–water partition coefficient (Wildman–Crippen LogP) is 4.94. The van der Waals surface area contributed by atoms with Gasteiger partial charge in [-0.2, -0.15) is 13.2 Å². The van der Waals surface area contributed by atoms with Crippen LogP contribution in [-0.4, -0.2) is 23.0 Å². The van der Waals surface area contributed by atoms with Gasteiger partial charge in [0.25, 0.3) is 5.91 Å². The van der Waals surface area contributed by atoms with E-state index < -0.39 is 11.7 Å². The van der Waals surface area contributed by atoms with Crippen LogP contribution in [0.2, 0.25) is 0 Å². The number of hydrogen-bond acceptors (Lipinski definition) is 3. The number of hydrogen-bond donors (Lipinski definition) is 0. The molecule has 1 amide bonds. The molecule has 0 saturated carbocycles. The Balaban J connectivity index is 1.94. The Kier molecular flexibility index (Phi) is 5.03. The minimum absolute atomic E-state index is 0.0310. The average molecular weight is 374 g/mol. The summed E-state index contributed by atoms with van der Waals surface area (Å²) in [6.07, 6.45) is -4.49. The standard InChI is InChI=1S/C20H17F3N2O2/c1-13-17(19(26)25(2)12-14-7-4-3-5-8-14)18(27-24-13)15-9-6-10-16(11-15)20(21,22)23/h3-11H,12H2,1-2H3. The second kappa shape index (κ2) is 7.26. The molecule has 1 heterocycles. The third-order valence-electron chi connectivity index (χ3n) is 4.14. The van der Waals surface area contributed by atoms with Gasteiger partial charge in [-0.1, -0.05) is 47.6 Å². The minimum Gasteiger partial charge on any atom is -0.355 e. The molecular formula is C20H17F3N2O2. The molecule has 0 spiro atoms. The Morgan fingerprint density at radius 3 is 2.48 bits per heavy atom. The van der Waals surface area contributed by atoms with Gasteiger partial charge in [0.05, 0.1) is 11.3 Å². The summed E-state index contributed by atoms with van der Waals surface area (Å²) in [5.74, 6) is -0.339. The normalized spacial score (nSPS) is 11.4. The van der Waals surface area contributed by atoms with Gasteiger partial charge in [0, 0.05) is 19.2 Å². The number of nitrogens with zero attached hydrogens (tertiary/aromatic N) is 2. The maximum absolute atomic E-state index is 13.0. The number of amides is 1. The number of benzene rings is 2. The largest absolute Gasteiger partial charge is 0.416 e. The van der Waals surface area contributed by atoms with Crippen molar-refractivity contribution in [3.8, 4) is 11.3 Å². The van der Waals surface area contributed by atoms with Crippen LogP contribution in [0.4, 0.5) is 13.2 Å². The van der Waals surface area contributed by atoms with E-state index in [9.17, 15) is 18.0 Å². The highest BCUT2D eigenvalue weighted by Gasteiger charge is 2.32. The zero-order valence-electron chi connectivity index (χ0n) is 14.7. The first-order chi connectivity index (χ1) is 12.8. The molecule has 0 radical (unpaired) electrons. The van der Waals surface area contributed by atoms with Crippen LogP contribution in [0, 0.1) is 6.92 Å². The summed E-state index contributed by atoms with van der Waals surface area (Å²) in [6, 6.07) is 14.0.